The Morgan fingerprint density at radius 2 is 1.76 bits per heavy atom. The Balaban J connectivity index is 0.00000200. The highest BCUT2D eigenvalue weighted by atomic mass is 35.5. The first-order valence-corrected chi connectivity index (χ1v) is 7.96. The number of carbonyl (C=O) groups is 1. The summed E-state index contributed by atoms with van der Waals surface area (Å²) in [5.74, 6) is 0.0983. The van der Waals surface area contributed by atoms with Crippen LogP contribution in [-0.4, -0.2) is 42.0 Å². The minimum Gasteiger partial charge on any atom is -0.352 e. The van der Waals surface area contributed by atoms with Gasteiger partial charge in [0.05, 0.1) is 5.54 Å². The molecule has 3 N–H and O–H groups in total. The summed E-state index contributed by atoms with van der Waals surface area (Å²) in [7, 11) is 0. The predicted octanol–water partition coefficient (Wildman–Crippen LogP) is 2.48. The van der Waals surface area contributed by atoms with E-state index in [0.29, 0.717) is 6.04 Å². The predicted molar refractivity (Wildman–Crippen MR) is 92.4 cm³/mol. The molecule has 1 aliphatic heterocycles. The van der Waals surface area contributed by atoms with Gasteiger partial charge < -0.3 is 16.0 Å². The monoisotopic (exact) mass is 339 g/mol. The SMILES string of the molecule is CCCN1CCC(NC(=O)C2(N)CCCCC2)CC1.Cl.Cl. The van der Waals surface area contributed by atoms with Crippen LogP contribution in [0.4, 0.5) is 0 Å². The average molecular weight is 340 g/mol. The first-order chi connectivity index (χ1) is 9.14. The lowest BCUT2D eigenvalue weighted by Gasteiger charge is -2.36. The van der Waals surface area contributed by atoms with Gasteiger partial charge in [-0.05, 0) is 38.6 Å². The van der Waals surface area contributed by atoms with Crippen molar-refractivity contribution < 1.29 is 4.79 Å². The van der Waals surface area contributed by atoms with Crippen LogP contribution >= 0.6 is 24.8 Å². The number of likely N-dealkylation sites (tertiary alicyclic amines) is 1. The lowest BCUT2D eigenvalue weighted by Crippen LogP contribution is -2.58. The average Bonchev–Trinajstić information content (AvgIpc) is 2.42. The van der Waals surface area contributed by atoms with E-state index in [0.717, 1.165) is 51.6 Å². The van der Waals surface area contributed by atoms with Gasteiger partial charge in [-0.25, -0.2) is 0 Å². The molecule has 0 bridgehead atoms. The summed E-state index contributed by atoms with van der Waals surface area (Å²) < 4.78 is 0. The highest BCUT2D eigenvalue weighted by Gasteiger charge is 2.36. The van der Waals surface area contributed by atoms with Crippen molar-refractivity contribution in [3.05, 3.63) is 0 Å². The second-order valence-electron chi connectivity index (χ2n) is 6.31. The molecule has 1 aliphatic carbocycles. The van der Waals surface area contributed by atoms with Gasteiger partial charge in [-0.2, -0.15) is 0 Å². The second kappa shape index (κ2) is 9.88. The van der Waals surface area contributed by atoms with Crippen molar-refractivity contribution in [2.45, 2.75) is 69.9 Å². The van der Waals surface area contributed by atoms with E-state index in [1.54, 1.807) is 0 Å². The minimum atomic E-state index is -0.585. The summed E-state index contributed by atoms with van der Waals surface area (Å²) in [5.41, 5.74) is 5.69. The molecule has 2 fully saturated rings. The smallest absolute Gasteiger partial charge is 0.240 e. The molecular formula is C15H31Cl2N3O. The quantitative estimate of drug-likeness (QED) is 0.827. The number of nitrogens with zero attached hydrogens (tertiary/aromatic N) is 1. The summed E-state index contributed by atoms with van der Waals surface area (Å²) in [5, 5.41) is 3.20. The van der Waals surface area contributed by atoms with E-state index in [2.05, 4.69) is 17.1 Å². The third-order valence-corrected chi connectivity index (χ3v) is 4.66. The lowest BCUT2D eigenvalue weighted by atomic mass is 9.81. The van der Waals surface area contributed by atoms with Gasteiger partial charge in [0.2, 0.25) is 5.91 Å². The van der Waals surface area contributed by atoms with E-state index in [1.807, 2.05) is 0 Å². The fourth-order valence-corrected chi connectivity index (χ4v) is 3.36. The first-order valence-electron chi connectivity index (χ1n) is 7.96. The third kappa shape index (κ3) is 5.93. The van der Waals surface area contributed by atoms with Crippen molar-refractivity contribution in [3.63, 3.8) is 0 Å². The van der Waals surface area contributed by atoms with Crippen LogP contribution in [0.1, 0.15) is 58.3 Å². The van der Waals surface area contributed by atoms with Gasteiger partial charge in [0.15, 0.2) is 0 Å². The van der Waals surface area contributed by atoms with Crippen LogP contribution in [0.5, 0.6) is 0 Å². The van der Waals surface area contributed by atoms with Crippen LogP contribution in [0.25, 0.3) is 0 Å². The molecule has 1 amide bonds. The molecule has 126 valence electrons. The standard InChI is InChI=1S/C15H29N3O.2ClH/c1-2-10-18-11-6-13(7-12-18)17-14(19)15(16)8-4-3-5-9-15;;/h13H,2-12,16H2,1H3,(H,17,19);2*1H. The van der Waals surface area contributed by atoms with Crippen LogP contribution in [0.3, 0.4) is 0 Å². The van der Waals surface area contributed by atoms with Crippen LogP contribution < -0.4 is 11.1 Å². The molecule has 2 aliphatic rings. The molecule has 1 heterocycles. The molecular weight excluding hydrogens is 309 g/mol. The van der Waals surface area contributed by atoms with Crippen molar-refractivity contribution in [1.82, 2.24) is 10.2 Å². The second-order valence-corrected chi connectivity index (χ2v) is 6.31. The Hall–Kier alpha value is -0.0300. The molecule has 1 saturated heterocycles. The van der Waals surface area contributed by atoms with E-state index in [-0.39, 0.29) is 30.7 Å². The molecule has 0 spiro atoms. The maximum Gasteiger partial charge on any atom is 0.240 e. The summed E-state index contributed by atoms with van der Waals surface area (Å²) >= 11 is 0. The Bertz CT molecular complexity index is 301. The first kappa shape index (κ1) is 21.0. The largest absolute Gasteiger partial charge is 0.352 e. The fraction of sp³-hybridized carbons (Fsp3) is 0.933. The molecule has 0 unspecified atom stereocenters. The topological polar surface area (TPSA) is 58.4 Å². The molecule has 4 nitrogen and oxygen atoms in total. The van der Waals surface area contributed by atoms with Gasteiger partial charge >= 0.3 is 0 Å². The van der Waals surface area contributed by atoms with Gasteiger partial charge in [0.1, 0.15) is 0 Å². The molecule has 6 heteroatoms. The number of nitrogens with one attached hydrogen (secondary N) is 1. The highest BCUT2D eigenvalue weighted by molar-refractivity contribution is 5.86. The van der Waals surface area contributed by atoms with E-state index in [1.165, 1.54) is 19.4 Å². The van der Waals surface area contributed by atoms with E-state index >= 15 is 0 Å². The Kier molecular flexibility index (Phi) is 9.87. The number of hydrogen-bond donors (Lipinski definition) is 2. The van der Waals surface area contributed by atoms with Crippen LogP contribution in [0.2, 0.25) is 0 Å². The van der Waals surface area contributed by atoms with Crippen LogP contribution in [-0.2, 0) is 4.79 Å². The molecule has 0 atom stereocenters. The zero-order valence-electron chi connectivity index (χ0n) is 13.1. The summed E-state index contributed by atoms with van der Waals surface area (Å²) in [6.45, 7) is 5.61. The minimum absolute atomic E-state index is 0. The number of amides is 1. The van der Waals surface area contributed by atoms with Crippen LogP contribution in [0, 0.1) is 0 Å². The Morgan fingerprint density at radius 1 is 1.19 bits per heavy atom. The van der Waals surface area contributed by atoms with Crippen molar-refractivity contribution >= 4 is 30.7 Å². The zero-order chi connectivity index (χ0) is 13.7. The van der Waals surface area contributed by atoms with Gasteiger partial charge in [0, 0.05) is 19.1 Å². The fourth-order valence-electron chi connectivity index (χ4n) is 3.36. The van der Waals surface area contributed by atoms with E-state index in [4.69, 9.17) is 5.73 Å². The summed E-state index contributed by atoms with van der Waals surface area (Å²) in [4.78, 5) is 14.8. The normalized spacial score (nSPS) is 22.8. The lowest BCUT2D eigenvalue weighted by molar-refractivity contribution is -0.128. The Morgan fingerprint density at radius 3 is 2.29 bits per heavy atom. The number of piperidine rings is 1. The molecule has 0 aromatic rings. The van der Waals surface area contributed by atoms with Gasteiger partial charge in [-0.3, -0.25) is 4.79 Å². The molecule has 0 aromatic carbocycles. The highest BCUT2D eigenvalue weighted by Crippen LogP contribution is 2.26. The van der Waals surface area contributed by atoms with Crippen LogP contribution in [0.15, 0.2) is 0 Å². The van der Waals surface area contributed by atoms with Gasteiger partial charge in [0.25, 0.3) is 0 Å². The Labute approximate surface area is 141 Å². The number of halogens is 2. The maximum atomic E-state index is 12.3. The maximum absolute atomic E-state index is 12.3. The zero-order valence-corrected chi connectivity index (χ0v) is 14.7. The number of carbonyl (C=O) groups excluding carboxylic acids is 1. The molecule has 2 rings (SSSR count). The van der Waals surface area contributed by atoms with Crippen molar-refractivity contribution in [2.24, 2.45) is 5.73 Å². The van der Waals surface area contributed by atoms with Crippen molar-refractivity contribution in [3.8, 4) is 0 Å². The van der Waals surface area contributed by atoms with E-state index < -0.39 is 5.54 Å². The molecule has 1 saturated carbocycles. The van der Waals surface area contributed by atoms with E-state index in [9.17, 15) is 4.79 Å². The summed E-state index contributed by atoms with van der Waals surface area (Å²) in [6, 6.07) is 0.336. The third-order valence-electron chi connectivity index (χ3n) is 4.66. The molecule has 21 heavy (non-hydrogen) atoms. The van der Waals surface area contributed by atoms with Gasteiger partial charge in [-0.15, -0.1) is 24.8 Å². The molecule has 0 aromatic heterocycles. The number of hydrogen-bond acceptors (Lipinski definition) is 3. The summed E-state index contributed by atoms with van der Waals surface area (Å²) in [6.07, 6.45) is 8.48. The number of nitrogens with two attached hydrogens (primary N) is 1. The van der Waals surface area contributed by atoms with Crippen molar-refractivity contribution in [2.75, 3.05) is 19.6 Å². The van der Waals surface area contributed by atoms with Gasteiger partial charge in [-0.1, -0.05) is 26.2 Å². The molecule has 0 radical (unpaired) electrons. The van der Waals surface area contributed by atoms with Crippen molar-refractivity contribution in [1.29, 1.82) is 0 Å². The number of rotatable bonds is 4.